The Hall–Kier alpha value is -1.95. The monoisotopic (exact) mass is 394 g/mol. The lowest BCUT2D eigenvalue weighted by Gasteiger charge is -2.25. The molecule has 1 heterocycles. The Morgan fingerprint density at radius 2 is 1.88 bits per heavy atom. The quantitative estimate of drug-likeness (QED) is 0.824. The topological polar surface area (TPSA) is 50.8 Å². The van der Waals surface area contributed by atoms with Crippen molar-refractivity contribution in [2.24, 2.45) is 0 Å². The first-order valence-electron chi connectivity index (χ1n) is 8.28. The van der Waals surface area contributed by atoms with E-state index in [1.165, 1.54) is 0 Å². The van der Waals surface area contributed by atoms with Crippen LogP contribution in [0.3, 0.4) is 0 Å². The van der Waals surface area contributed by atoms with Gasteiger partial charge in [-0.15, -0.1) is 0 Å². The van der Waals surface area contributed by atoms with Crippen LogP contribution >= 0.6 is 23.2 Å². The zero-order valence-corrected chi connectivity index (χ0v) is 16.1. The molecule has 0 radical (unpaired) electrons. The van der Waals surface area contributed by atoms with Crippen molar-refractivity contribution in [1.29, 1.82) is 0 Å². The Kier molecular flexibility index (Phi) is 5.91. The summed E-state index contributed by atoms with van der Waals surface area (Å²) in [7, 11) is 1.89. The van der Waals surface area contributed by atoms with Crippen molar-refractivity contribution in [3.8, 4) is 11.5 Å². The van der Waals surface area contributed by atoms with Crippen LogP contribution in [0.4, 0.5) is 5.69 Å². The molecular formula is C19H20Cl2N2O3. The molecule has 0 aliphatic carbocycles. The lowest BCUT2D eigenvalue weighted by Crippen LogP contribution is -2.39. The highest BCUT2D eigenvalue weighted by Crippen LogP contribution is 2.31. The number of nitrogens with zero attached hydrogens (tertiary/aromatic N) is 1. The molecule has 138 valence electrons. The largest absolute Gasteiger partial charge is 0.486 e. The number of halogens is 2. The molecule has 0 saturated heterocycles. The number of amides is 1. The molecule has 0 unspecified atom stereocenters. The molecular weight excluding hydrogens is 375 g/mol. The number of carbonyl (C=O) groups excluding carboxylic acids is 1. The van der Waals surface area contributed by atoms with Crippen LogP contribution in [0.15, 0.2) is 36.4 Å². The van der Waals surface area contributed by atoms with Crippen LogP contribution in [0.25, 0.3) is 0 Å². The van der Waals surface area contributed by atoms with E-state index in [1.54, 1.807) is 18.2 Å². The summed E-state index contributed by atoms with van der Waals surface area (Å²) in [4.78, 5) is 14.5. The van der Waals surface area contributed by atoms with Crippen molar-refractivity contribution >= 4 is 34.8 Å². The van der Waals surface area contributed by atoms with Crippen LogP contribution in [0.5, 0.6) is 11.5 Å². The molecule has 1 N–H and O–H groups in total. The van der Waals surface area contributed by atoms with Gasteiger partial charge in [-0.1, -0.05) is 29.3 Å². The molecule has 1 amide bonds. The maximum atomic E-state index is 12.5. The molecule has 1 atom stereocenters. The first-order valence-corrected chi connectivity index (χ1v) is 9.04. The number of carbonyl (C=O) groups is 1. The third-order valence-corrected chi connectivity index (χ3v) is 4.83. The van der Waals surface area contributed by atoms with Gasteiger partial charge in [-0.05, 0) is 49.9 Å². The molecule has 26 heavy (non-hydrogen) atoms. The summed E-state index contributed by atoms with van der Waals surface area (Å²) in [5, 5.41) is 3.79. The third-order valence-electron chi connectivity index (χ3n) is 4.27. The number of nitrogens with one attached hydrogen (secondary N) is 1. The Morgan fingerprint density at radius 1 is 1.15 bits per heavy atom. The Labute approximate surface area is 162 Å². The van der Waals surface area contributed by atoms with E-state index in [4.69, 9.17) is 32.7 Å². The fourth-order valence-electron chi connectivity index (χ4n) is 2.64. The average Bonchev–Trinajstić information content (AvgIpc) is 2.64. The van der Waals surface area contributed by atoms with E-state index in [2.05, 4.69) is 5.32 Å². The van der Waals surface area contributed by atoms with Gasteiger partial charge in [0.05, 0.1) is 16.8 Å². The summed E-state index contributed by atoms with van der Waals surface area (Å²) in [5.74, 6) is 1.34. The van der Waals surface area contributed by atoms with Gasteiger partial charge in [-0.25, -0.2) is 0 Å². The van der Waals surface area contributed by atoms with Gasteiger partial charge in [0.2, 0.25) is 5.91 Å². The van der Waals surface area contributed by atoms with Crippen molar-refractivity contribution in [2.45, 2.75) is 19.5 Å². The molecule has 1 aliphatic heterocycles. The molecule has 0 bridgehead atoms. The maximum Gasteiger partial charge on any atom is 0.241 e. The number of hydrogen-bond donors (Lipinski definition) is 1. The van der Waals surface area contributed by atoms with E-state index >= 15 is 0 Å². The number of hydrogen-bond acceptors (Lipinski definition) is 4. The molecule has 1 aliphatic rings. The molecule has 2 aromatic carbocycles. The van der Waals surface area contributed by atoms with E-state index in [1.807, 2.05) is 37.1 Å². The van der Waals surface area contributed by atoms with Crippen molar-refractivity contribution in [1.82, 2.24) is 4.90 Å². The summed E-state index contributed by atoms with van der Waals surface area (Å²) < 4.78 is 11.1. The standard InChI is InChI=1S/C19H20Cl2N2O3/c1-12(19(24)22-16-10-14(20)4-5-15(16)21)23(2)11-13-3-6-17-18(9-13)26-8-7-25-17/h3-6,9-10,12H,7-8,11H2,1-2H3,(H,22,24)/t12-/m0/s1. The fourth-order valence-corrected chi connectivity index (χ4v) is 2.98. The normalized spacial score (nSPS) is 14.2. The van der Waals surface area contributed by atoms with Gasteiger partial charge in [0, 0.05) is 11.6 Å². The predicted octanol–water partition coefficient (Wildman–Crippen LogP) is 4.22. The number of rotatable bonds is 5. The van der Waals surface area contributed by atoms with Crippen molar-refractivity contribution in [2.75, 3.05) is 25.6 Å². The first kappa shape index (κ1) is 18.8. The van der Waals surface area contributed by atoms with Gasteiger partial charge >= 0.3 is 0 Å². The van der Waals surface area contributed by atoms with Crippen molar-refractivity contribution < 1.29 is 14.3 Å². The maximum absolute atomic E-state index is 12.5. The second-order valence-corrected chi connectivity index (χ2v) is 7.03. The number of anilines is 1. The van der Waals surface area contributed by atoms with E-state index in [0.717, 1.165) is 17.1 Å². The highest BCUT2D eigenvalue weighted by Gasteiger charge is 2.20. The lowest BCUT2D eigenvalue weighted by molar-refractivity contribution is -0.120. The lowest BCUT2D eigenvalue weighted by atomic mass is 10.1. The third kappa shape index (κ3) is 4.41. The van der Waals surface area contributed by atoms with Crippen LogP contribution in [0.2, 0.25) is 10.0 Å². The van der Waals surface area contributed by atoms with E-state index in [-0.39, 0.29) is 11.9 Å². The molecule has 0 spiro atoms. The molecule has 2 aromatic rings. The van der Waals surface area contributed by atoms with Crippen LogP contribution in [-0.2, 0) is 11.3 Å². The van der Waals surface area contributed by atoms with Crippen LogP contribution in [0.1, 0.15) is 12.5 Å². The second-order valence-electron chi connectivity index (χ2n) is 6.18. The number of fused-ring (bicyclic) bond motifs is 1. The van der Waals surface area contributed by atoms with Gasteiger partial charge in [0.25, 0.3) is 0 Å². The minimum absolute atomic E-state index is 0.158. The number of ether oxygens (including phenoxy) is 2. The Balaban J connectivity index is 1.64. The summed E-state index contributed by atoms with van der Waals surface area (Å²) in [6.07, 6.45) is 0. The molecule has 7 heteroatoms. The van der Waals surface area contributed by atoms with Crippen molar-refractivity contribution in [3.05, 3.63) is 52.0 Å². The molecule has 0 aromatic heterocycles. The van der Waals surface area contributed by atoms with Crippen LogP contribution in [-0.4, -0.2) is 37.1 Å². The summed E-state index contributed by atoms with van der Waals surface area (Å²) in [6, 6.07) is 10.4. The highest BCUT2D eigenvalue weighted by molar-refractivity contribution is 6.35. The molecule has 0 saturated carbocycles. The minimum atomic E-state index is -0.363. The SMILES string of the molecule is C[C@@H](C(=O)Nc1cc(Cl)ccc1Cl)N(C)Cc1ccc2c(c1)OCCO2. The van der Waals surface area contributed by atoms with Gasteiger partial charge < -0.3 is 14.8 Å². The molecule has 0 fully saturated rings. The Bertz CT molecular complexity index is 813. The predicted molar refractivity (Wildman–Crippen MR) is 103 cm³/mol. The van der Waals surface area contributed by atoms with Gasteiger partial charge in [0.15, 0.2) is 11.5 Å². The minimum Gasteiger partial charge on any atom is -0.486 e. The molecule has 5 nitrogen and oxygen atoms in total. The van der Waals surface area contributed by atoms with Gasteiger partial charge in [-0.3, -0.25) is 9.69 Å². The summed E-state index contributed by atoms with van der Waals surface area (Å²) in [6.45, 7) is 3.54. The first-order chi connectivity index (χ1) is 12.4. The van der Waals surface area contributed by atoms with E-state index < -0.39 is 0 Å². The smallest absolute Gasteiger partial charge is 0.241 e. The number of likely N-dealkylation sites (N-methyl/N-ethyl adjacent to an activating group) is 1. The van der Waals surface area contributed by atoms with E-state index in [0.29, 0.717) is 35.5 Å². The zero-order chi connectivity index (χ0) is 18.7. The van der Waals surface area contributed by atoms with Crippen molar-refractivity contribution in [3.63, 3.8) is 0 Å². The van der Waals surface area contributed by atoms with Gasteiger partial charge in [-0.2, -0.15) is 0 Å². The molecule has 3 rings (SSSR count). The van der Waals surface area contributed by atoms with Gasteiger partial charge in [0.1, 0.15) is 13.2 Å². The van der Waals surface area contributed by atoms with Crippen LogP contribution in [0, 0.1) is 0 Å². The highest BCUT2D eigenvalue weighted by atomic mass is 35.5. The fraction of sp³-hybridized carbons (Fsp3) is 0.316. The Morgan fingerprint density at radius 3 is 2.65 bits per heavy atom. The zero-order valence-electron chi connectivity index (χ0n) is 14.6. The summed E-state index contributed by atoms with van der Waals surface area (Å²) in [5.41, 5.74) is 1.54. The second kappa shape index (κ2) is 8.16. The number of benzene rings is 2. The van der Waals surface area contributed by atoms with Crippen LogP contribution < -0.4 is 14.8 Å². The summed E-state index contributed by atoms with van der Waals surface area (Å²) >= 11 is 12.1. The van der Waals surface area contributed by atoms with E-state index in [9.17, 15) is 4.79 Å². The average molecular weight is 395 g/mol.